The number of carbonyl (C=O) groups excluding carboxylic acids is 2. The smallest absolute Gasteiger partial charge is 0.228 e. The summed E-state index contributed by atoms with van der Waals surface area (Å²) in [5, 5.41) is 9.46. The lowest BCUT2D eigenvalue weighted by atomic mass is 9.92. The Labute approximate surface area is 207 Å². The zero-order valence-electron chi connectivity index (χ0n) is 20.5. The maximum absolute atomic E-state index is 13.8. The first-order valence-corrected chi connectivity index (χ1v) is 12.4. The number of methoxy groups -OCH3 is 1. The summed E-state index contributed by atoms with van der Waals surface area (Å²) < 4.78 is 5.31. The Bertz CT molecular complexity index is 1080. The number of anilines is 1. The average molecular weight is 476 g/mol. The number of aromatic nitrogens is 1. The van der Waals surface area contributed by atoms with E-state index in [4.69, 9.17) is 4.74 Å². The second kappa shape index (κ2) is 11.2. The quantitative estimate of drug-likeness (QED) is 0.610. The molecule has 8 heteroatoms. The lowest BCUT2D eigenvalue weighted by Crippen LogP contribution is -2.41. The number of rotatable bonds is 7. The van der Waals surface area contributed by atoms with Gasteiger partial charge >= 0.3 is 0 Å². The lowest BCUT2D eigenvalue weighted by molar-refractivity contribution is -0.136. The van der Waals surface area contributed by atoms with Crippen LogP contribution >= 0.6 is 0 Å². The Hall–Kier alpha value is -3.60. The predicted molar refractivity (Wildman–Crippen MR) is 133 cm³/mol. The molecule has 0 saturated carbocycles. The zero-order chi connectivity index (χ0) is 24.8. The minimum atomic E-state index is -0.413. The maximum atomic E-state index is 13.8. The summed E-state index contributed by atoms with van der Waals surface area (Å²) in [4.78, 5) is 37.2. The maximum Gasteiger partial charge on any atom is 0.228 e. The van der Waals surface area contributed by atoms with Crippen molar-refractivity contribution in [2.45, 2.75) is 38.6 Å². The normalized spacial score (nSPS) is 20.5. The van der Waals surface area contributed by atoms with Gasteiger partial charge in [-0.1, -0.05) is 25.5 Å². The summed E-state index contributed by atoms with van der Waals surface area (Å²) in [6.07, 6.45) is 4.60. The van der Waals surface area contributed by atoms with Gasteiger partial charge in [-0.05, 0) is 42.7 Å². The molecule has 0 N–H and O–H groups in total. The first-order chi connectivity index (χ1) is 17.1. The molecule has 1 aromatic heterocycles. The third kappa shape index (κ3) is 5.24. The van der Waals surface area contributed by atoms with Crippen LogP contribution in [0.3, 0.4) is 0 Å². The van der Waals surface area contributed by atoms with Gasteiger partial charge in [0.05, 0.1) is 24.6 Å². The van der Waals surface area contributed by atoms with Crippen LogP contribution in [0, 0.1) is 17.2 Å². The van der Waals surface area contributed by atoms with Gasteiger partial charge in [-0.3, -0.25) is 9.59 Å². The Morgan fingerprint density at radius 3 is 2.69 bits per heavy atom. The molecule has 2 atom stereocenters. The van der Waals surface area contributed by atoms with Gasteiger partial charge < -0.3 is 19.4 Å². The highest BCUT2D eigenvalue weighted by atomic mass is 16.5. The molecule has 4 rings (SSSR count). The molecule has 2 aliphatic rings. The lowest BCUT2D eigenvalue weighted by Gasteiger charge is -2.31. The number of amides is 2. The van der Waals surface area contributed by atoms with E-state index in [1.165, 1.54) is 0 Å². The van der Waals surface area contributed by atoms with Crippen molar-refractivity contribution < 1.29 is 14.3 Å². The number of hydrogen-bond donors (Lipinski definition) is 0. The van der Waals surface area contributed by atoms with Crippen molar-refractivity contribution in [1.29, 1.82) is 5.26 Å². The topological polar surface area (TPSA) is 89.8 Å². The molecule has 35 heavy (non-hydrogen) atoms. The van der Waals surface area contributed by atoms with Crippen LogP contribution in [0.15, 0.2) is 42.6 Å². The van der Waals surface area contributed by atoms with E-state index in [9.17, 15) is 14.9 Å². The van der Waals surface area contributed by atoms with Gasteiger partial charge in [0.1, 0.15) is 17.6 Å². The van der Waals surface area contributed by atoms with Crippen molar-refractivity contribution in [2.75, 3.05) is 44.7 Å². The molecule has 2 aliphatic heterocycles. The molecule has 2 fully saturated rings. The molecule has 2 unspecified atom stereocenters. The molecule has 1 aromatic carbocycles. The summed E-state index contributed by atoms with van der Waals surface area (Å²) in [6.45, 7) is 5.25. The highest BCUT2D eigenvalue weighted by Crippen LogP contribution is 2.40. The summed E-state index contributed by atoms with van der Waals surface area (Å²) in [7, 11) is 1.63. The molecular formula is C27H33N5O3. The van der Waals surface area contributed by atoms with E-state index >= 15 is 0 Å². The Balaban J connectivity index is 1.54. The monoisotopic (exact) mass is 475 g/mol. The van der Waals surface area contributed by atoms with Gasteiger partial charge in [-0.2, -0.15) is 5.26 Å². The summed E-state index contributed by atoms with van der Waals surface area (Å²) >= 11 is 0. The number of hydrogen-bond acceptors (Lipinski definition) is 6. The predicted octanol–water partition coefficient (Wildman–Crippen LogP) is 3.39. The fourth-order valence-corrected chi connectivity index (χ4v) is 5.14. The molecule has 8 nitrogen and oxygen atoms in total. The molecule has 2 amide bonds. The molecule has 0 aliphatic carbocycles. The molecule has 2 aromatic rings. The van der Waals surface area contributed by atoms with Crippen LogP contribution in [0.25, 0.3) is 0 Å². The van der Waals surface area contributed by atoms with Gasteiger partial charge in [-0.25, -0.2) is 4.98 Å². The molecule has 184 valence electrons. The number of benzene rings is 1. The van der Waals surface area contributed by atoms with E-state index in [1.807, 2.05) is 34.1 Å². The van der Waals surface area contributed by atoms with Crippen molar-refractivity contribution in [3.63, 3.8) is 0 Å². The number of nitriles is 1. The number of likely N-dealkylation sites (tertiary alicyclic amines) is 1. The molecular weight excluding hydrogens is 442 g/mol. The summed E-state index contributed by atoms with van der Waals surface area (Å²) in [5.74, 6) is 1.08. The fraction of sp³-hybridized carbons (Fsp3) is 0.481. The Kier molecular flexibility index (Phi) is 7.86. The number of unbranched alkanes of at least 4 members (excludes halogenated alkanes) is 1. The van der Waals surface area contributed by atoms with Crippen molar-refractivity contribution >= 4 is 17.6 Å². The van der Waals surface area contributed by atoms with Crippen LogP contribution in [0.4, 0.5) is 5.82 Å². The highest BCUT2D eigenvalue weighted by Gasteiger charge is 2.45. The van der Waals surface area contributed by atoms with E-state index in [0.29, 0.717) is 37.6 Å². The highest BCUT2D eigenvalue weighted by molar-refractivity contribution is 5.90. The van der Waals surface area contributed by atoms with E-state index in [0.717, 1.165) is 37.1 Å². The average Bonchev–Trinajstić information content (AvgIpc) is 3.05. The minimum Gasteiger partial charge on any atom is -0.497 e. The molecule has 0 bridgehead atoms. The largest absolute Gasteiger partial charge is 0.497 e. The minimum absolute atomic E-state index is 0.0292. The van der Waals surface area contributed by atoms with Crippen molar-refractivity contribution in [2.24, 2.45) is 5.92 Å². The molecule has 3 heterocycles. The Morgan fingerprint density at radius 1 is 1.17 bits per heavy atom. The number of pyridine rings is 1. The number of carbonyl (C=O) groups is 2. The van der Waals surface area contributed by atoms with Gasteiger partial charge in [-0.15, -0.1) is 0 Å². The van der Waals surface area contributed by atoms with E-state index in [2.05, 4.69) is 22.9 Å². The number of nitrogens with zero attached hydrogens (tertiary/aromatic N) is 5. The van der Waals surface area contributed by atoms with Gasteiger partial charge in [0.25, 0.3) is 0 Å². The molecule has 0 radical (unpaired) electrons. The fourth-order valence-electron chi connectivity index (χ4n) is 5.14. The molecule has 0 spiro atoms. The van der Waals surface area contributed by atoms with Crippen LogP contribution in [0.1, 0.15) is 49.8 Å². The molecule has 2 saturated heterocycles. The SMILES string of the molecule is CCCCN1C(=O)CC(C(=O)N2CCCN(c3ncccc3C#N)CC2)C1c1ccc(OC)cc1. The van der Waals surface area contributed by atoms with E-state index < -0.39 is 5.92 Å². The van der Waals surface area contributed by atoms with Crippen molar-refractivity contribution in [3.05, 3.63) is 53.7 Å². The van der Waals surface area contributed by atoms with Crippen molar-refractivity contribution in [1.82, 2.24) is 14.8 Å². The van der Waals surface area contributed by atoms with E-state index in [-0.39, 0.29) is 24.3 Å². The van der Waals surface area contributed by atoms with E-state index in [1.54, 1.807) is 25.4 Å². The van der Waals surface area contributed by atoms with Crippen LogP contribution < -0.4 is 9.64 Å². The second-order valence-corrected chi connectivity index (χ2v) is 9.12. The first-order valence-electron chi connectivity index (χ1n) is 12.4. The van der Waals surface area contributed by atoms with Crippen LogP contribution in [-0.4, -0.2) is 66.4 Å². The van der Waals surface area contributed by atoms with Gasteiger partial charge in [0.15, 0.2) is 0 Å². The zero-order valence-corrected chi connectivity index (χ0v) is 20.5. The first kappa shape index (κ1) is 24.5. The van der Waals surface area contributed by atoms with Crippen LogP contribution in [-0.2, 0) is 9.59 Å². The standard InChI is InChI=1S/C27H33N5O3/c1-3-4-15-32-24(33)18-23(25(32)20-8-10-22(35-2)11-9-20)27(34)31-14-6-13-30(16-17-31)26-21(19-28)7-5-12-29-26/h5,7-12,23,25H,3-4,6,13-18H2,1-2H3. The summed E-state index contributed by atoms with van der Waals surface area (Å²) in [6, 6.07) is 13.2. The third-order valence-electron chi connectivity index (χ3n) is 6.97. The van der Waals surface area contributed by atoms with Gasteiger partial charge in [0, 0.05) is 45.3 Å². The summed E-state index contributed by atoms with van der Waals surface area (Å²) in [5.41, 5.74) is 1.51. The van der Waals surface area contributed by atoms with Crippen molar-refractivity contribution in [3.8, 4) is 11.8 Å². The van der Waals surface area contributed by atoms with Crippen LogP contribution in [0.2, 0.25) is 0 Å². The third-order valence-corrected chi connectivity index (χ3v) is 6.97. The number of ether oxygens (including phenoxy) is 1. The van der Waals surface area contributed by atoms with Gasteiger partial charge in [0.2, 0.25) is 11.8 Å². The Morgan fingerprint density at radius 2 is 1.97 bits per heavy atom. The second-order valence-electron chi connectivity index (χ2n) is 9.12. The van der Waals surface area contributed by atoms with Crippen LogP contribution in [0.5, 0.6) is 5.75 Å².